The van der Waals surface area contributed by atoms with Crippen LogP contribution in [0.3, 0.4) is 0 Å². The zero-order chi connectivity index (χ0) is 10.5. The molecular formula is C10H17N3OS. The van der Waals surface area contributed by atoms with Crippen LogP contribution < -0.4 is 5.32 Å². The van der Waals surface area contributed by atoms with Crippen LogP contribution >= 0.6 is 11.8 Å². The highest BCUT2D eigenvalue weighted by molar-refractivity contribution is 7.99. The van der Waals surface area contributed by atoms with Gasteiger partial charge in [-0.3, -0.25) is 0 Å². The van der Waals surface area contributed by atoms with E-state index in [1.165, 1.54) is 25.0 Å². The summed E-state index contributed by atoms with van der Waals surface area (Å²) in [4.78, 5) is 4.15. The maximum atomic E-state index is 4.90. The first kappa shape index (κ1) is 11.0. The van der Waals surface area contributed by atoms with Crippen LogP contribution in [0.2, 0.25) is 0 Å². The van der Waals surface area contributed by atoms with Crippen molar-refractivity contribution in [2.45, 2.75) is 38.0 Å². The zero-order valence-corrected chi connectivity index (χ0v) is 9.85. The summed E-state index contributed by atoms with van der Waals surface area (Å²) in [5.74, 6) is 2.71. The van der Waals surface area contributed by atoms with Crippen molar-refractivity contribution in [3.05, 3.63) is 11.7 Å². The van der Waals surface area contributed by atoms with Crippen molar-refractivity contribution < 1.29 is 4.52 Å². The third-order valence-electron chi connectivity index (χ3n) is 2.50. The first-order valence-corrected chi connectivity index (χ1v) is 6.51. The number of thioether (sulfide) groups is 1. The van der Waals surface area contributed by atoms with Crippen LogP contribution in [-0.4, -0.2) is 27.7 Å². The molecule has 1 aromatic rings. The second-order valence-electron chi connectivity index (χ2n) is 3.85. The molecule has 1 saturated heterocycles. The molecule has 0 radical (unpaired) electrons. The Balaban J connectivity index is 1.65. The van der Waals surface area contributed by atoms with E-state index in [2.05, 4.69) is 27.2 Å². The van der Waals surface area contributed by atoms with Gasteiger partial charge in [0.2, 0.25) is 5.89 Å². The van der Waals surface area contributed by atoms with Gasteiger partial charge < -0.3 is 9.84 Å². The molecule has 84 valence electrons. The van der Waals surface area contributed by atoms with Crippen molar-refractivity contribution in [1.29, 1.82) is 0 Å². The van der Waals surface area contributed by atoms with Crippen LogP contribution in [0.25, 0.3) is 0 Å². The highest BCUT2D eigenvalue weighted by Gasteiger charge is 2.13. The summed E-state index contributed by atoms with van der Waals surface area (Å²) in [6, 6.07) is 0. The van der Waals surface area contributed by atoms with E-state index < -0.39 is 0 Å². The molecule has 0 aromatic carbocycles. The topological polar surface area (TPSA) is 51.0 Å². The normalized spacial score (nSPS) is 21.8. The molecule has 4 nitrogen and oxygen atoms in total. The van der Waals surface area contributed by atoms with E-state index >= 15 is 0 Å². The lowest BCUT2D eigenvalue weighted by molar-refractivity contribution is 0.385. The molecule has 2 rings (SSSR count). The van der Waals surface area contributed by atoms with E-state index in [0.29, 0.717) is 12.4 Å². The molecule has 1 N–H and O–H groups in total. The minimum Gasteiger partial charge on any atom is -0.340 e. The number of aromatic nitrogens is 2. The minimum atomic E-state index is 0.638. The van der Waals surface area contributed by atoms with E-state index in [-0.39, 0.29) is 0 Å². The van der Waals surface area contributed by atoms with Gasteiger partial charge in [-0.2, -0.15) is 16.7 Å². The third kappa shape index (κ3) is 3.50. The Morgan fingerprint density at radius 2 is 2.47 bits per heavy atom. The average Bonchev–Trinajstić information content (AvgIpc) is 2.66. The molecule has 5 heteroatoms. The predicted octanol–water partition coefficient (Wildman–Crippen LogP) is 1.75. The number of nitrogens with zero attached hydrogens (tertiary/aromatic N) is 2. The summed E-state index contributed by atoms with van der Waals surface area (Å²) < 4.78 is 4.90. The molecule has 0 bridgehead atoms. The summed E-state index contributed by atoms with van der Waals surface area (Å²) in [6.07, 6.45) is 4.09. The molecule has 1 unspecified atom stereocenters. The van der Waals surface area contributed by atoms with Gasteiger partial charge in [-0.25, -0.2) is 0 Å². The van der Waals surface area contributed by atoms with Gasteiger partial charge in [0.1, 0.15) is 0 Å². The average molecular weight is 227 g/mol. The molecule has 0 aliphatic carbocycles. The number of nitrogens with one attached hydrogen (secondary N) is 1. The van der Waals surface area contributed by atoms with Gasteiger partial charge in [0.15, 0.2) is 5.82 Å². The summed E-state index contributed by atoms with van der Waals surface area (Å²) in [7, 11) is 0. The molecule has 1 aliphatic heterocycles. The number of hydrogen-bond donors (Lipinski definition) is 1. The van der Waals surface area contributed by atoms with Crippen LogP contribution in [-0.2, 0) is 6.54 Å². The second-order valence-corrected chi connectivity index (χ2v) is 5.26. The van der Waals surface area contributed by atoms with Gasteiger partial charge in [-0.1, -0.05) is 11.6 Å². The molecule has 0 amide bonds. The third-order valence-corrected chi connectivity index (χ3v) is 3.90. The lowest BCUT2D eigenvalue weighted by Gasteiger charge is -2.20. The van der Waals surface area contributed by atoms with Crippen LogP contribution in [0.15, 0.2) is 4.52 Å². The first-order valence-electron chi connectivity index (χ1n) is 5.46. The van der Waals surface area contributed by atoms with E-state index in [1.807, 2.05) is 6.92 Å². The van der Waals surface area contributed by atoms with Crippen LogP contribution in [0.5, 0.6) is 0 Å². The highest BCUT2D eigenvalue weighted by atomic mass is 32.2. The summed E-state index contributed by atoms with van der Waals surface area (Å²) in [5, 5.41) is 7.99. The number of aryl methyl sites for hydroxylation is 1. The fraction of sp³-hybridized carbons (Fsp3) is 0.800. The first-order chi connectivity index (χ1) is 7.34. The van der Waals surface area contributed by atoms with Crippen molar-refractivity contribution in [3.63, 3.8) is 0 Å². The maximum absolute atomic E-state index is 4.90. The van der Waals surface area contributed by atoms with Crippen molar-refractivity contribution >= 4 is 11.8 Å². The van der Waals surface area contributed by atoms with Gasteiger partial charge in [0, 0.05) is 18.7 Å². The fourth-order valence-electron chi connectivity index (χ4n) is 1.73. The second kappa shape index (κ2) is 5.51. The lowest BCUT2D eigenvalue weighted by Crippen LogP contribution is -2.26. The Bertz CT molecular complexity index is 297. The van der Waals surface area contributed by atoms with E-state index in [0.717, 1.165) is 17.6 Å². The van der Waals surface area contributed by atoms with E-state index in [9.17, 15) is 0 Å². The maximum Gasteiger partial charge on any atom is 0.223 e. The van der Waals surface area contributed by atoms with Gasteiger partial charge >= 0.3 is 0 Å². The molecular weight excluding hydrogens is 210 g/mol. The Morgan fingerprint density at radius 1 is 1.53 bits per heavy atom. The SMILES string of the molecule is Cc1nc(CNCC2CCCCS2)no1. The summed E-state index contributed by atoms with van der Waals surface area (Å²) >= 11 is 2.08. The van der Waals surface area contributed by atoms with Crippen molar-refractivity contribution in [3.8, 4) is 0 Å². The fourth-order valence-corrected chi connectivity index (χ4v) is 3.00. The van der Waals surface area contributed by atoms with Gasteiger partial charge in [-0.15, -0.1) is 0 Å². The minimum absolute atomic E-state index is 0.638. The summed E-state index contributed by atoms with van der Waals surface area (Å²) in [5.41, 5.74) is 0. The zero-order valence-electron chi connectivity index (χ0n) is 9.03. The Kier molecular flexibility index (Phi) is 4.02. The molecule has 1 fully saturated rings. The molecule has 0 saturated carbocycles. The Labute approximate surface area is 94.2 Å². The van der Waals surface area contributed by atoms with Crippen LogP contribution in [0.4, 0.5) is 0 Å². The van der Waals surface area contributed by atoms with Gasteiger partial charge in [-0.05, 0) is 18.6 Å². The number of hydrogen-bond acceptors (Lipinski definition) is 5. The standard InChI is InChI=1S/C10H17N3OS/c1-8-12-10(13-14-8)7-11-6-9-4-2-3-5-15-9/h9,11H,2-7H2,1H3. The van der Waals surface area contributed by atoms with Gasteiger partial charge in [0.25, 0.3) is 0 Å². The molecule has 15 heavy (non-hydrogen) atoms. The van der Waals surface area contributed by atoms with E-state index in [4.69, 9.17) is 4.52 Å². The van der Waals surface area contributed by atoms with E-state index in [1.54, 1.807) is 0 Å². The van der Waals surface area contributed by atoms with Crippen molar-refractivity contribution in [2.24, 2.45) is 0 Å². The van der Waals surface area contributed by atoms with Crippen molar-refractivity contribution in [1.82, 2.24) is 15.5 Å². The summed E-state index contributed by atoms with van der Waals surface area (Å²) in [6.45, 7) is 3.58. The van der Waals surface area contributed by atoms with Crippen molar-refractivity contribution in [2.75, 3.05) is 12.3 Å². The lowest BCUT2D eigenvalue weighted by atomic mass is 10.2. The van der Waals surface area contributed by atoms with Crippen LogP contribution in [0.1, 0.15) is 31.0 Å². The van der Waals surface area contributed by atoms with Gasteiger partial charge in [0.05, 0.1) is 6.54 Å². The number of rotatable bonds is 4. The predicted molar refractivity (Wildman–Crippen MR) is 60.8 cm³/mol. The quantitative estimate of drug-likeness (QED) is 0.849. The largest absolute Gasteiger partial charge is 0.340 e. The Morgan fingerprint density at radius 3 is 3.13 bits per heavy atom. The molecule has 1 atom stereocenters. The molecule has 0 spiro atoms. The monoisotopic (exact) mass is 227 g/mol. The Hall–Kier alpha value is -0.550. The smallest absolute Gasteiger partial charge is 0.223 e. The van der Waals surface area contributed by atoms with Crippen LogP contribution in [0, 0.1) is 6.92 Å². The molecule has 1 aromatic heterocycles. The molecule has 1 aliphatic rings. The highest BCUT2D eigenvalue weighted by Crippen LogP contribution is 2.24. The molecule has 2 heterocycles.